The summed E-state index contributed by atoms with van der Waals surface area (Å²) in [7, 11) is 0. The molecule has 0 aliphatic carbocycles. The van der Waals surface area contributed by atoms with Gasteiger partial charge in [-0.2, -0.15) is 0 Å². The first-order valence-electron chi connectivity index (χ1n) is 6.72. The van der Waals surface area contributed by atoms with Crippen LogP contribution in [0.3, 0.4) is 0 Å². The summed E-state index contributed by atoms with van der Waals surface area (Å²) in [5.74, 6) is 0.124. The standard InChI is InChI=1S/C15H21NO2/c16-15(12-6-2-1-3-7-12)14(17)10-4-8-13-9-5-11-18-13/h1-3,6-7,13,15H,4-5,8-11,16H2/t13?,15-/m1/s1. The van der Waals surface area contributed by atoms with Gasteiger partial charge in [-0.25, -0.2) is 0 Å². The molecule has 2 N–H and O–H groups in total. The van der Waals surface area contributed by atoms with Gasteiger partial charge in [-0.3, -0.25) is 4.79 Å². The zero-order valence-electron chi connectivity index (χ0n) is 10.7. The summed E-state index contributed by atoms with van der Waals surface area (Å²) in [5.41, 5.74) is 6.85. The summed E-state index contributed by atoms with van der Waals surface area (Å²) in [6, 6.07) is 9.09. The summed E-state index contributed by atoms with van der Waals surface area (Å²) in [4.78, 5) is 12.0. The molecule has 0 aromatic heterocycles. The van der Waals surface area contributed by atoms with Crippen LogP contribution in [-0.4, -0.2) is 18.5 Å². The van der Waals surface area contributed by atoms with E-state index in [2.05, 4.69) is 0 Å². The highest BCUT2D eigenvalue weighted by atomic mass is 16.5. The number of nitrogens with two attached hydrogens (primary N) is 1. The molecule has 1 saturated heterocycles. The minimum atomic E-state index is -0.476. The normalized spacial score (nSPS) is 20.8. The van der Waals surface area contributed by atoms with Crippen molar-refractivity contribution >= 4 is 5.78 Å². The topological polar surface area (TPSA) is 52.3 Å². The largest absolute Gasteiger partial charge is 0.378 e. The summed E-state index contributed by atoms with van der Waals surface area (Å²) in [5, 5.41) is 0. The Hall–Kier alpha value is -1.19. The summed E-state index contributed by atoms with van der Waals surface area (Å²) in [6.45, 7) is 0.877. The van der Waals surface area contributed by atoms with Crippen LogP contribution in [0.25, 0.3) is 0 Å². The van der Waals surface area contributed by atoms with Crippen molar-refractivity contribution in [3.8, 4) is 0 Å². The minimum Gasteiger partial charge on any atom is -0.378 e. The average molecular weight is 247 g/mol. The Balaban J connectivity index is 1.74. The third kappa shape index (κ3) is 3.65. The van der Waals surface area contributed by atoms with Gasteiger partial charge in [0.05, 0.1) is 12.1 Å². The van der Waals surface area contributed by atoms with E-state index in [1.807, 2.05) is 30.3 Å². The number of ether oxygens (including phenoxy) is 1. The van der Waals surface area contributed by atoms with Gasteiger partial charge in [-0.15, -0.1) is 0 Å². The van der Waals surface area contributed by atoms with Crippen LogP contribution < -0.4 is 5.73 Å². The molecule has 0 saturated carbocycles. The molecule has 1 aliphatic heterocycles. The second-order valence-electron chi connectivity index (χ2n) is 4.88. The highest BCUT2D eigenvalue weighted by Crippen LogP contribution is 2.19. The van der Waals surface area contributed by atoms with Crippen LogP contribution in [0.2, 0.25) is 0 Å². The maximum absolute atomic E-state index is 12.0. The molecule has 0 bridgehead atoms. The number of carbonyl (C=O) groups excluding carboxylic acids is 1. The Kier molecular flexibility index (Phi) is 4.90. The molecule has 1 heterocycles. The van der Waals surface area contributed by atoms with Gasteiger partial charge in [0.2, 0.25) is 0 Å². The lowest BCUT2D eigenvalue weighted by atomic mass is 9.99. The van der Waals surface area contributed by atoms with Crippen LogP contribution in [0.1, 0.15) is 43.7 Å². The quantitative estimate of drug-likeness (QED) is 0.840. The van der Waals surface area contributed by atoms with E-state index in [-0.39, 0.29) is 5.78 Å². The number of Topliss-reactive ketones (excluding diaryl/α,β-unsaturated/α-hetero) is 1. The summed E-state index contributed by atoms with van der Waals surface area (Å²) < 4.78 is 5.54. The third-order valence-corrected chi connectivity index (χ3v) is 3.48. The van der Waals surface area contributed by atoms with E-state index in [4.69, 9.17) is 10.5 Å². The van der Waals surface area contributed by atoms with Crippen molar-refractivity contribution in [2.24, 2.45) is 5.73 Å². The summed E-state index contributed by atoms with van der Waals surface area (Å²) >= 11 is 0. The fourth-order valence-electron chi connectivity index (χ4n) is 2.38. The average Bonchev–Trinajstić information content (AvgIpc) is 2.92. The number of benzene rings is 1. The van der Waals surface area contributed by atoms with Crippen molar-refractivity contribution in [2.45, 2.75) is 44.2 Å². The van der Waals surface area contributed by atoms with E-state index in [0.29, 0.717) is 12.5 Å². The first kappa shape index (κ1) is 13.2. The predicted molar refractivity (Wildman–Crippen MR) is 71.2 cm³/mol. The van der Waals surface area contributed by atoms with E-state index in [1.54, 1.807) is 0 Å². The fraction of sp³-hybridized carbons (Fsp3) is 0.533. The monoisotopic (exact) mass is 247 g/mol. The number of rotatable bonds is 6. The Morgan fingerprint density at radius 1 is 1.39 bits per heavy atom. The van der Waals surface area contributed by atoms with Crippen LogP contribution in [-0.2, 0) is 9.53 Å². The summed E-state index contributed by atoms with van der Waals surface area (Å²) in [6.07, 6.45) is 5.07. The second kappa shape index (κ2) is 6.66. The minimum absolute atomic E-state index is 0.124. The van der Waals surface area contributed by atoms with E-state index >= 15 is 0 Å². The maximum Gasteiger partial charge on any atom is 0.154 e. The molecule has 0 amide bonds. The highest BCUT2D eigenvalue weighted by Gasteiger charge is 2.18. The molecule has 1 aromatic rings. The number of carbonyl (C=O) groups is 1. The molecule has 1 unspecified atom stereocenters. The molecular formula is C15H21NO2. The Morgan fingerprint density at radius 2 is 2.17 bits per heavy atom. The van der Waals surface area contributed by atoms with Crippen molar-refractivity contribution in [1.29, 1.82) is 0 Å². The van der Waals surface area contributed by atoms with Crippen LogP contribution in [0.4, 0.5) is 0 Å². The van der Waals surface area contributed by atoms with Gasteiger partial charge in [0, 0.05) is 13.0 Å². The van der Waals surface area contributed by atoms with Gasteiger partial charge in [-0.05, 0) is 31.2 Å². The van der Waals surface area contributed by atoms with E-state index in [0.717, 1.165) is 37.9 Å². The first-order valence-corrected chi connectivity index (χ1v) is 6.72. The lowest BCUT2D eigenvalue weighted by molar-refractivity contribution is -0.120. The molecule has 0 spiro atoms. The lowest BCUT2D eigenvalue weighted by Crippen LogP contribution is -2.21. The van der Waals surface area contributed by atoms with Gasteiger partial charge < -0.3 is 10.5 Å². The molecule has 1 aromatic carbocycles. The van der Waals surface area contributed by atoms with Gasteiger partial charge in [0.15, 0.2) is 5.78 Å². The zero-order chi connectivity index (χ0) is 12.8. The molecule has 2 rings (SSSR count). The van der Waals surface area contributed by atoms with Crippen molar-refractivity contribution in [2.75, 3.05) is 6.61 Å². The van der Waals surface area contributed by atoms with E-state index in [1.165, 1.54) is 0 Å². The molecule has 2 atom stereocenters. The van der Waals surface area contributed by atoms with Gasteiger partial charge in [-0.1, -0.05) is 30.3 Å². The third-order valence-electron chi connectivity index (χ3n) is 3.48. The van der Waals surface area contributed by atoms with Crippen molar-refractivity contribution in [1.82, 2.24) is 0 Å². The van der Waals surface area contributed by atoms with E-state index in [9.17, 15) is 4.79 Å². The van der Waals surface area contributed by atoms with Crippen LogP contribution in [0.5, 0.6) is 0 Å². The molecule has 3 nitrogen and oxygen atoms in total. The van der Waals surface area contributed by atoms with Crippen LogP contribution in [0, 0.1) is 0 Å². The van der Waals surface area contributed by atoms with Crippen LogP contribution in [0.15, 0.2) is 30.3 Å². The Bertz CT molecular complexity index is 371. The predicted octanol–water partition coefficient (Wildman–Crippen LogP) is 2.60. The molecule has 0 radical (unpaired) electrons. The highest BCUT2D eigenvalue weighted by molar-refractivity contribution is 5.84. The molecule has 98 valence electrons. The molecule has 1 fully saturated rings. The maximum atomic E-state index is 12.0. The van der Waals surface area contributed by atoms with Gasteiger partial charge in [0.25, 0.3) is 0 Å². The Morgan fingerprint density at radius 3 is 2.83 bits per heavy atom. The number of hydrogen-bond acceptors (Lipinski definition) is 3. The fourth-order valence-corrected chi connectivity index (χ4v) is 2.38. The molecule has 3 heteroatoms. The zero-order valence-corrected chi connectivity index (χ0v) is 10.7. The van der Waals surface area contributed by atoms with E-state index < -0.39 is 6.04 Å². The first-order chi connectivity index (χ1) is 8.77. The number of hydrogen-bond donors (Lipinski definition) is 1. The van der Waals surface area contributed by atoms with Gasteiger partial charge >= 0.3 is 0 Å². The van der Waals surface area contributed by atoms with Gasteiger partial charge in [0.1, 0.15) is 0 Å². The smallest absolute Gasteiger partial charge is 0.154 e. The van der Waals surface area contributed by atoms with Crippen LogP contribution >= 0.6 is 0 Å². The second-order valence-corrected chi connectivity index (χ2v) is 4.88. The SMILES string of the molecule is N[C@@H](C(=O)CCCC1CCCO1)c1ccccc1. The molecule has 1 aliphatic rings. The van der Waals surface area contributed by atoms with Crippen molar-refractivity contribution in [3.63, 3.8) is 0 Å². The lowest BCUT2D eigenvalue weighted by Gasteiger charge is -2.12. The van der Waals surface area contributed by atoms with Crippen molar-refractivity contribution in [3.05, 3.63) is 35.9 Å². The van der Waals surface area contributed by atoms with Crippen molar-refractivity contribution < 1.29 is 9.53 Å². The number of ketones is 1. The molecule has 18 heavy (non-hydrogen) atoms. The Labute approximate surface area is 108 Å². The molecular weight excluding hydrogens is 226 g/mol.